The molecule has 0 spiro atoms. The number of hydrogen-bond acceptors (Lipinski definition) is 5. The summed E-state index contributed by atoms with van der Waals surface area (Å²) in [7, 11) is 1.56. The number of ether oxygens (including phenoxy) is 3. The second-order valence-corrected chi connectivity index (χ2v) is 6.15. The van der Waals surface area contributed by atoms with Crippen LogP contribution in [-0.2, 0) is 19.1 Å². The zero-order valence-corrected chi connectivity index (χ0v) is 15.2. The third-order valence-electron chi connectivity index (χ3n) is 3.55. The van der Waals surface area contributed by atoms with Crippen LogP contribution in [0.15, 0.2) is 28.7 Å². The van der Waals surface area contributed by atoms with Crippen molar-refractivity contribution >= 4 is 33.9 Å². The minimum absolute atomic E-state index is 0.208. The third kappa shape index (κ3) is 5.07. The first-order valence-corrected chi connectivity index (χ1v) is 8.39. The lowest BCUT2D eigenvalue weighted by molar-refractivity contribution is -0.157. The predicted molar refractivity (Wildman–Crippen MR) is 92.7 cm³/mol. The summed E-state index contributed by atoms with van der Waals surface area (Å²) >= 11 is 3.37. The highest BCUT2D eigenvalue weighted by atomic mass is 79.9. The molecule has 0 bridgehead atoms. The van der Waals surface area contributed by atoms with Gasteiger partial charge in [0.05, 0.1) is 20.3 Å². The van der Waals surface area contributed by atoms with Gasteiger partial charge in [-0.1, -0.05) is 15.9 Å². The average Bonchev–Trinajstić information content (AvgIpc) is 2.60. The van der Waals surface area contributed by atoms with Crippen molar-refractivity contribution in [2.45, 2.75) is 13.0 Å². The number of rotatable bonds is 5. The van der Waals surface area contributed by atoms with Gasteiger partial charge >= 0.3 is 5.97 Å². The molecule has 1 heterocycles. The largest absolute Gasteiger partial charge is 0.496 e. The monoisotopic (exact) mass is 397 g/mol. The fourth-order valence-corrected chi connectivity index (χ4v) is 2.68. The zero-order chi connectivity index (χ0) is 17.5. The molecule has 1 aromatic rings. The van der Waals surface area contributed by atoms with Gasteiger partial charge in [0.25, 0.3) is 5.91 Å². The highest BCUT2D eigenvalue weighted by Gasteiger charge is 2.24. The number of carbonyl (C=O) groups excluding carboxylic acids is 2. The summed E-state index contributed by atoms with van der Waals surface area (Å²) in [6.07, 6.45) is 2.05. The summed E-state index contributed by atoms with van der Waals surface area (Å²) in [6.45, 7) is 3.63. The molecule has 1 amide bonds. The van der Waals surface area contributed by atoms with Crippen LogP contribution in [0.4, 0.5) is 0 Å². The number of carbonyl (C=O) groups is 2. The van der Waals surface area contributed by atoms with E-state index in [1.807, 2.05) is 12.1 Å². The van der Waals surface area contributed by atoms with E-state index < -0.39 is 12.1 Å². The number of nitrogens with zero attached hydrogens (tertiary/aromatic N) is 1. The second kappa shape index (κ2) is 8.84. The highest BCUT2D eigenvalue weighted by Crippen LogP contribution is 2.24. The minimum Gasteiger partial charge on any atom is -0.496 e. The van der Waals surface area contributed by atoms with Gasteiger partial charge in [-0.3, -0.25) is 4.79 Å². The van der Waals surface area contributed by atoms with E-state index in [2.05, 4.69) is 15.9 Å². The summed E-state index contributed by atoms with van der Waals surface area (Å²) in [4.78, 5) is 25.8. The molecule has 1 aliphatic heterocycles. The summed E-state index contributed by atoms with van der Waals surface area (Å²) in [5.41, 5.74) is 0.732. The van der Waals surface area contributed by atoms with E-state index in [1.54, 1.807) is 31.1 Å². The first-order valence-electron chi connectivity index (χ1n) is 7.60. The van der Waals surface area contributed by atoms with Gasteiger partial charge in [0.1, 0.15) is 5.75 Å². The maximum Gasteiger partial charge on any atom is 0.331 e. The Balaban J connectivity index is 1.94. The third-order valence-corrected chi connectivity index (χ3v) is 4.05. The zero-order valence-electron chi connectivity index (χ0n) is 13.7. The topological polar surface area (TPSA) is 65.1 Å². The molecule has 6 nitrogen and oxygen atoms in total. The Morgan fingerprint density at radius 2 is 2.04 bits per heavy atom. The number of benzene rings is 1. The van der Waals surface area contributed by atoms with Gasteiger partial charge in [-0.15, -0.1) is 0 Å². The molecule has 1 unspecified atom stereocenters. The Morgan fingerprint density at radius 1 is 1.33 bits per heavy atom. The highest BCUT2D eigenvalue weighted by molar-refractivity contribution is 9.10. The maximum atomic E-state index is 12.2. The number of amides is 1. The molecule has 7 heteroatoms. The fourth-order valence-electron chi connectivity index (χ4n) is 2.30. The van der Waals surface area contributed by atoms with E-state index in [0.29, 0.717) is 32.1 Å². The Hall–Kier alpha value is -1.86. The Kier molecular flexibility index (Phi) is 6.81. The minimum atomic E-state index is -0.829. The SMILES string of the molecule is COc1ccc(Br)cc1/C=C/C(=O)OC(C)C(=O)N1CCOCC1. The maximum absolute atomic E-state index is 12.2. The summed E-state index contributed by atoms with van der Waals surface area (Å²) in [5.74, 6) is -0.147. The molecule has 0 aliphatic carbocycles. The van der Waals surface area contributed by atoms with Crippen molar-refractivity contribution in [1.82, 2.24) is 4.90 Å². The van der Waals surface area contributed by atoms with Crippen molar-refractivity contribution in [3.05, 3.63) is 34.3 Å². The lowest BCUT2D eigenvalue weighted by atomic mass is 10.2. The van der Waals surface area contributed by atoms with Crippen LogP contribution < -0.4 is 4.74 Å². The molecule has 1 fully saturated rings. The lowest BCUT2D eigenvalue weighted by Gasteiger charge is -2.28. The fraction of sp³-hybridized carbons (Fsp3) is 0.412. The number of hydrogen-bond donors (Lipinski definition) is 0. The smallest absolute Gasteiger partial charge is 0.331 e. The summed E-state index contributed by atoms with van der Waals surface area (Å²) < 4.78 is 16.5. The standard InChI is InChI=1S/C17H20BrNO5/c1-12(17(21)19-7-9-23-10-8-19)24-16(20)6-3-13-11-14(18)4-5-15(13)22-2/h3-6,11-12H,7-10H2,1-2H3/b6-3+. The van der Waals surface area contributed by atoms with Crippen molar-refractivity contribution in [2.75, 3.05) is 33.4 Å². The molecule has 1 atom stereocenters. The van der Waals surface area contributed by atoms with E-state index in [-0.39, 0.29) is 5.91 Å². The van der Waals surface area contributed by atoms with Crippen molar-refractivity contribution in [2.24, 2.45) is 0 Å². The van der Waals surface area contributed by atoms with Crippen LogP contribution in [0, 0.1) is 0 Å². The number of halogens is 1. The normalized spacial score (nSPS) is 16.0. The van der Waals surface area contributed by atoms with Crippen molar-refractivity contribution < 1.29 is 23.8 Å². The van der Waals surface area contributed by atoms with Crippen LogP contribution in [0.3, 0.4) is 0 Å². The molecule has 2 rings (SSSR count). The van der Waals surface area contributed by atoms with Crippen molar-refractivity contribution in [3.8, 4) is 5.75 Å². The van der Waals surface area contributed by atoms with Crippen LogP contribution >= 0.6 is 15.9 Å². The lowest BCUT2D eigenvalue weighted by Crippen LogP contribution is -2.45. The molecule has 24 heavy (non-hydrogen) atoms. The number of esters is 1. The number of methoxy groups -OCH3 is 1. The first-order chi connectivity index (χ1) is 11.5. The Labute approximate surface area is 149 Å². The van der Waals surface area contributed by atoms with Gasteiger partial charge in [-0.2, -0.15) is 0 Å². The van der Waals surface area contributed by atoms with E-state index in [4.69, 9.17) is 14.2 Å². The Bertz CT molecular complexity index is 625. The summed E-state index contributed by atoms with van der Waals surface area (Å²) in [5, 5.41) is 0. The molecular formula is C17H20BrNO5. The predicted octanol–water partition coefficient (Wildman–Crippen LogP) is 2.26. The molecule has 0 saturated carbocycles. The average molecular weight is 398 g/mol. The van der Waals surface area contributed by atoms with Gasteiger partial charge in [0.2, 0.25) is 0 Å². The second-order valence-electron chi connectivity index (χ2n) is 5.24. The van der Waals surface area contributed by atoms with Crippen LogP contribution in [0.1, 0.15) is 12.5 Å². The van der Waals surface area contributed by atoms with Gasteiger partial charge in [0.15, 0.2) is 6.10 Å². The molecule has 130 valence electrons. The molecule has 0 aromatic heterocycles. The van der Waals surface area contributed by atoms with Crippen molar-refractivity contribution in [3.63, 3.8) is 0 Å². The molecular weight excluding hydrogens is 378 g/mol. The van der Waals surface area contributed by atoms with E-state index in [1.165, 1.54) is 6.08 Å². The van der Waals surface area contributed by atoms with Gasteiger partial charge in [-0.05, 0) is 31.2 Å². The molecule has 1 aliphatic rings. The Morgan fingerprint density at radius 3 is 2.71 bits per heavy atom. The molecule has 1 saturated heterocycles. The van der Waals surface area contributed by atoms with Gasteiger partial charge < -0.3 is 19.1 Å². The first kappa shape index (κ1) is 18.5. The van der Waals surface area contributed by atoms with E-state index in [0.717, 1.165) is 10.0 Å². The quantitative estimate of drug-likeness (QED) is 0.563. The van der Waals surface area contributed by atoms with Crippen LogP contribution in [-0.4, -0.2) is 56.3 Å². The van der Waals surface area contributed by atoms with Crippen LogP contribution in [0.2, 0.25) is 0 Å². The van der Waals surface area contributed by atoms with E-state index in [9.17, 15) is 9.59 Å². The molecule has 0 N–H and O–H groups in total. The van der Waals surface area contributed by atoms with Crippen LogP contribution in [0.5, 0.6) is 5.75 Å². The van der Waals surface area contributed by atoms with Crippen molar-refractivity contribution in [1.29, 1.82) is 0 Å². The van der Waals surface area contributed by atoms with Gasteiger partial charge in [0, 0.05) is 29.2 Å². The van der Waals surface area contributed by atoms with Crippen LogP contribution in [0.25, 0.3) is 6.08 Å². The number of morpholine rings is 1. The molecule has 1 aromatic carbocycles. The summed E-state index contributed by atoms with van der Waals surface area (Å²) in [6, 6.07) is 5.46. The van der Waals surface area contributed by atoms with Gasteiger partial charge in [-0.25, -0.2) is 4.79 Å². The van der Waals surface area contributed by atoms with E-state index >= 15 is 0 Å². The molecule has 0 radical (unpaired) electrons.